The molecule has 0 unspecified atom stereocenters. The number of carbonyl (C=O) groups is 2. The second kappa shape index (κ2) is 8.61. The van der Waals surface area contributed by atoms with Gasteiger partial charge in [0.25, 0.3) is 5.91 Å². The molecule has 0 atom stereocenters. The molecule has 1 heterocycles. The van der Waals surface area contributed by atoms with Gasteiger partial charge in [-0.05, 0) is 37.3 Å². The van der Waals surface area contributed by atoms with Gasteiger partial charge in [-0.3, -0.25) is 9.59 Å². The second-order valence-corrected chi connectivity index (χ2v) is 5.46. The van der Waals surface area contributed by atoms with Crippen molar-refractivity contribution in [3.63, 3.8) is 0 Å². The summed E-state index contributed by atoms with van der Waals surface area (Å²) >= 11 is 11.8. The highest BCUT2D eigenvalue weighted by Gasteiger charge is 2.13. The Morgan fingerprint density at radius 1 is 1.21 bits per heavy atom. The topological polar surface area (TPSA) is 77.8 Å². The molecule has 1 N–H and O–H groups in total. The van der Waals surface area contributed by atoms with Gasteiger partial charge in [-0.15, -0.1) is 0 Å². The van der Waals surface area contributed by atoms with Crippen LogP contribution in [0, 0.1) is 0 Å². The number of amides is 1. The van der Waals surface area contributed by atoms with Crippen LogP contribution in [-0.4, -0.2) is 25.0 Å². The van der Waals surface area contributed by atoms with Crippen molar-refractivity contribution in [3.8, 4) is 5.75 Å². The lowest BCUT2D eigenvalue weighted by Gasteiger charge is -2.06. The molecule has 0 saturated carbocycles. The lowest BCUT2D eigenvalue weighted by Crippen LogP contribution is -2.30. The number of halogens is 2. The minimum Gasteiger partial charge on any atom is -0.484 e. The zero-order valence-corrected chi connectivity index (χ0v) is 14.3. The third-order valence-electron chi connectivity index (χ3n) is 2.85. The zero-order chi connectivity index (χ0) is 17.5. The molecular weight excluding hydrogens is 357 g/mol. The van der Waals surface area contributed by atoms with E-state index in [1.807, 2.05) is 0 Å². The summed E-state index contributed by atoms with van der Waals surface area (Å²) in [6.45, 7) is 1.81. The van der Waals surface area contributed by atoms with Crippen molar-refractivity contribution in [3.05, 3.63) is 51.9 Å². The summed E-state index contributed by atoms with van der Waals surface area (Å²) in [5, 5.41) is 3.28. The van der Waals surface area contributed by atoms with E-state index >= 15 is 0 Å². The highest BCUT2D eigenvalue weighted by Crippen LogP contribution is 2.28. The number of esters is 1. The fourth-order valence-electron chi connectivity index (χ4n) is 1.77. The van der Waals surface area contributed by atoms with Crippen LogP contribution in [0.5, 0.6) is 5.75 Å². The molecule has 2 rings (SSSR count). The maximum atomic E-state index is 11.8. The standard InChI is InChI=1S/C16H15Cl2NO5/c1-2-22-15(20)8-19-16(21)14-6-4-11(24-14)9-23-13-5-3-10(17)7-12(13)18/h3-7H,2,8-9H2,1H3,(H,19,21). The van der Waals surface area contributed by atoms with Crippen molar-refractivity contribution < 1.29 is 23.5 Å². The van der Waals surface area contributed by atoms with Gasteiger partial charge in [0, 0.05) is 5.02 Å². The monoisotopic (exact) mass is 371 g/mol. The molecule has 0 spiro atoms. The summed E-state index contributed by atoms with van der Waals surface area (Å²) in [4.78, 5) is 23.0. The number of benzene rings is 1. The number of furan rings is 1. The van der Waals surface area contributed by atoms with E-state index in [-0.39, 0.29) is 25.5 Å². The molecule has 0 aliphatic rings. The Labute approximate surface area is 148 Å². The molecule has 0 aliphatic carbocycles. The van der Waals surface area contributed by atoms with Gasteiger partial charge in [-0.2, -0.15) is 0 Å². The van der Waals surface area contributed by atoms with Crippen molar-refractivity contribution in [2.45, 2.75) is 13.5 Å². The van der Waals surface area contributed by atoms with Crippen LogP contribution < -0.4 is 10.1 Å². The SMILES string of the molecule is CCOC(=O)CNC(=O)c1ccc(COc2ccc(Cl)cc2Cl)o1. The predicted octanol–water partition coefficient (Wildman–Crippen LogP) is 3.46. The van der Waals surface area contributed by atoms with E-state index < -0.39 is 11.9 Å². The molecule has 0 fully saturated rings. The van der Waals surface area contributed by atoms with E-state index in [4.69, 9.17) is 37.1 Å². The van der Waals surface area contributed by atoms with Crippen molar-refractivity contribution >= 4 is 35.1 Å². The Morgan fingerprint density at radius 2 is 2.00 bits per heavy atom. The van der Waals surface area contributed by atoms with Gasteiger partial charge in [-0.1, -0.05) is 23.2 Å². The Morgan fingerprint density at radius 3 is 2.71 bits per heavy atom. The third-order valence-corrected chi connectivity index (χ3v) is 3.38. The molecule has 1 amide bonds. The average molecular weight is 372 g/mol. The smallest absolute Gasteiger partial charge is 0.325 e. The quantitative estimate of drug-likeness (QED) is 0.754. The summed E-state index contributed by atoms with van der Waals surface area (Å²) < 4.78 is 15.6. The number of rotatable bonds is 7. The summed E-state index contributed by atoms with van der Waals surface area (Å²) in [5.74, 6) is -0.0784. The van der Waals surface area contributed by atoms with Crippen molar-refractivity contribution in [2.75, 3.05) is 13.2 Å². The fraction of sp³-hybridized carbons (Fsp3) is 0.250. The van der Waals surface area contributed by atoms with Crippen LogP contribution in [0.4, 0.5) is 0 Å². The van der Waals surface area contributed by atoms with Crippen molar-refractivity contribution in [2.24, 2.45) is 0 Å². The predicted molar refractivity (Wildman–Crippen MR) is 88.5 cm³/mol. The van der Waals surface area contributed by atoms with Crippen LogP contribution in [0.15, 0.2) is 34.7 Å². The van der Waals surface area contributed by atoms with Gasteiger partial charge in [0.1, 0.15) is 24.7 Å². The van der Waals surface area contributed by atoms with Crippen molar-refractivity contribution in [1.82, 2.24) is 5.32 Å². The molecule has 1 aromatic carbocycles. The second-order valence-electron chi connectivity index (χ2n) is 4.62. The number of nitrogens with one attached hydrogen (secondary N) is 1. The summed E-state index contributed by atoms with van der Waals surface area (Å²) in [6.07, 6.45) is 0. The minimum absolute atomic E-state index is 0.0695. The summed E-state index contributed by atoms with van der Waals surface area (Å²) in [6, 6.07) is 7.94. The molecule has 2 aromatic rings. The third kappa shape index (κ3) is 5.18. The molecule has 0 radical (unpaired) electrons. The first-order valence-corrected chi connectivity index (χ1v) is 7.85. The van der Waals surface area contributed by atoms with Gasteiger partial charge in [0.05, 0.1) is 11.6 Å². The maximum Gasteiger partial charge on any atom is 0.325 e. The first-order chi connectivity index (χ1) is 11.5. The van der Waals surface area contributed by atoms with E-state index in [1.165, 1.54) is 6.07 Å². The lowest BCUT2D eigenvalue weighted by molar-refractivity contribution is -0.141. The van der Waals surface area contributed by atoms with Gasteiger partial charge in [0.15, 0.2) is 5.76 Å². The van der Waals surface area contributed by atoms with E-state index in [0.29, 0.717) is 21.6 Å². The molecule has 0 saturated heterocycles. The van der Waals surface area contributed by atoms with Gasteiger partial charge >= 0.3 is 5.97 Å². The Bertz CT molecular complexity index is 729. The average Bonchev–Trinajstić information content (AvgIpc) is 3.01. The van der Waals surface area contributed by atoms with E-state index in [2.05, 4.69) is 5.32 Å². The normalized spacial score (nSPS) is 10.3. The van der Waals surface area contributed by atoms with Crippen LogP contribution in [0.3, 0.4) is 0 Å². The molecule has 128 valence electrons. The highest BCUT2D eigenvalue weighted by molar-refractivity contribution is 6.35. The van der Waals surface area contributed by atoms with Gasteiger partial charge < -0.3 is 19.2 Å². The highest BCUT2D eigenvalue weighted by atomic mass is 35.5. The fourth-order valence-corrected chi connectivity index (χ4v) is 2.23. The van der Waals surface area contributed by atoms with Crippen LogP contribution in [-0.2, 0) is 16.1 Å². The number of ether oxygens (including phenoxy) is 2. The molecule has 6 nitrogen and oxygen atoms in total. The van der Waals surface area contributed by atoms with E-state index in [1.54, 1.807) is 31.2 Å². The van der Waals surface area contributed by atoms with E-state index in [9.17, 15) is 9.59 Å². The van der Waals surface area contributed by atoms with Gasteiger partial charge in [-0.25, -0.2) is 0 Å². The molecule has 8 heteroatoms. The van der Waals surface area contributed by atoms with Crippen molar-refractivity contribution in [1.29, 1.82) is 0 Å². The Balaban J connectivity index is 1.88. The molecular formula is C16H15Cl2NO5. The number of hydrogen-bond acceptors (Lipinski definition) is 5. The first kappa shape index (κ1) is 18.2. The van der Waals surface area contributed by atoms with Crippen LogP contribution in [0.2, 0.25) is 10.0 Å². The summed E-state index contributed by atoms with van der Waals surface area (Å²) in [5.41, 5.74) is 0. The van der Waals surface area contributed by atoms with Crippen LogP contribution in [0.25, 0.3) is 0 Å². The first-order valence-electron chi connectivity index (χ1n) is 7.10. The minimum atomic E-state index is -0.515. The Hall–Kier alpha value is -2.18. The number of carbonyl (C=O) groups excluding carboxylic acids is 2. The molecule has 1 aromatic heterocycles. The van der Waals surface area contributed by atoms with Crippen LogP contribution in [0.1, 0.15) is 23.2 Å². The lowest BCUT2D eigenvalue weighted by atomic mass is 10.3. The Kier molecular flexibility index (Phi) is 6.52. The van der Waals surface area contributed by atoms with Gasteiger partial charge in [0.2, 0.25) is 0 Å². The molecule has 0 aliphatic heterocycles. The molecule has 0 bridgehead atoms. The van der Waals surface area contributed by atoms with Crippen LogP contribution >= 0.6 is 23.2 Å². The summed E-state index contributed by atoms with van der Waals surface area (Å²) in [7, 11) is 0. The maximum absolute atomic E-state index is 11.8. The number of hydrogen-bond donors (Lipinski definition) is 1. The largest absolute Gasteiger partial charge is 0.484 e. The van der Waals surface area contributed by atoms with E-state index in [0.717, 1.165) is 0 Å². The zero-order valence-electron chi connectivity index (χ0n) is 12.8. The molecule has 24 heavy (non-hydrogen) atoms.